The lowest BCUT2D eigenvalue weighted by atomic mass is 10.2. The minimum atomic E-state index is -0.207. The monoisotopic (exact) mass is 361 g/mol. The standard InChI is InChI=1S/C13H10ClFIN/c14-10-4-1-3-9(7-10)8-17-12-6-2-5-11(15)13(12)16/h1-7,17H,8H2. The van der Waals surface area contributed by atoms with Crippen LogP contribution in [0.1, 0.15) is 5.56 Å². The highest BCUT2D eigenvalue weighted by Gasteiger charge is 2.04. The van der Waals surface area contributed by atoms with Crippen molar-refractivity contribution < 1.29 is 4.39 Å². The summed E-state index contributed by atoms with van der Waals surface area (Å²) < 4.78 is 13.9. The van der Waals surface area contributed by atoms with Gasteiger partial charge in [0.1, 0.15) is 5.82 Å². The van der Waals surface area contributed by atoms with Crippen LogP contribution in [-0.4, -0.2) is 0 Å². The maximum atomic E-state index is 13.3. The van der Waals surface area contributed by atoms with Crippen molar-refractivity contribution in [3.63, 3.8) is 0 Å². The number of nitrogens with one attached hydrogen (secondary N) is 1. The number of hydrogen-bond donors (Lipinski definition) is 1. The van der Waals surface area contributed by atoms with E-state index in [0.29, 0.717) is 15.1 Å². The van der Waals surface area contributed by atoms with Gasteiger partial charge in [0, 0.05) is 11.6 Å². The van der Waals surface area contributed by atoms with Gasteiger partial charge in [-0.3, -0.25) is 0 Å². The first-order chi connectivity index (χ1) is 8.16. The SMILES string of the molecule is Fc1cccc(NCc2cccc(Cl)c2)c1I. The van der Waals surface area contributed by atoms with Gasteiger partial charge in [-0.05, 0) is 52.4 Å². The Morgan fingerprint density at radius 2 is 1.94 bits per heavy atom. The molecular formula is C13H10ClFIN. The van der Waals surface area contributed by atoms with Gasteiger partial charge >= 0.3 is 0 Å². The maximum Gasteiger partial charge on any atom is 0.138 e. The van der Waals surface area contributed by atoms with Crippen LogP contribution in [0.3, 0.4) is 0 Å². The average Bonchev–Trinajstić information content (AvgIpc) is 2.31. The van der Waals surface area contributed by atoms with Gasteiger partial charge in [0.05, 0.1) is 9.26 Å². The van der Waals surface area contributed by atoms with E-state index in [1.165, 1.54) is 6.07 Å². The normalized spacial score (nSPS) is 10.3. The number of rotatable bonds is 3. The second-order valence-corrected chi connectivity index (χ2v) is 5.10. The minimum Gasteiger partial charge on any atom is -0.380 e. The number of hydrogen-bond acceptors (Lipinski definition) is 1. The fraction of sp³-hybridized carbons (Fsp3) is 0.0769. The van der Waals surface area contributed by atoms with Crippen molar-refractivity contribution in [2.45, 2.75) is 6.54 Å². The van der Waals surface area contributed by atoms with Gasteiger partial charge < -0.3 is 5.32 Å². The molecule has 2 aromatic carbocycles. The quantitative estimate of drug-likeness (QED) is 0.782. The Kier molecular flexibility index (Phi) is 4.23. The first-order valence-electron chi connectivity index (χ1n) is 5.09. The Morgan fingerprint density at radius 1 is 1.18 bits per heavy atom. The van der Waals surface area contributed by atoms with Crippen LogP contribution in [0.4, 0.5) is 10.1 Å². The van der Waals surface area contributed by atoms with Crippen molar-refractivity contribution in [1.82, 2.24) is 0 Å². The fourth-order valence-electron chi connectivity index (χ4n) is 1.48. The average molecular weight is 362 g/mol. The molecule has 0 spiro atoms. The summed E-state index contributed by atoms with van der Waals surface area (Å²) in [5.74, 6) is -0.207. The molecule has 0 aromatic heterocycles. The zero-order valence-corrected chi connectivity index (χ0v) is 11.8. The van der Waals surface area contributed by atoms with E-state index in [1.54, 1.807) is 6.07 Å². The van der Waals surface area contributed by atoms with E-state index in [2.05, 4.69) is 5.32 Å². The van der Waals surface area contributed by atoms with E-state index in [0.717, 1.165) is 11.3 Å². The summed E-state index contributed by atoms with van der Waals surface area (Å²) in [5.41, 5.74) is 1.86. The van der Waals surface area contributed by atoms with E-state index in [1.807, 2.05) is 52.9 Å². The Hall–Kier alpha value is -0.810. The van der Waals surface area contributed by atoms with E-state index in [9.17, 15) is 4.39 Å². The van der Waals surface area contributed by atoms with Crippen LogP contribution in [0.5, 0.6) is 0 Å². The third-order valence-corrected chi connectivity index (χ3v) is 3.66. The third kappa shape index (κ3) is 3.33. The highest BCUT2D eigenvalue weighted by Crippen LogP contribution is 2.21. The van der Waals surface area contributed by atoms with Crippen molar-refractivity contribution in [2.24, 2.45) is 0 Å². The van der Waals surface area contributed by atoms with Crippen LogP contribution in [0.25, 0.3) is 0 Å². The number of anilines is 1. The molecule has 4 heteroatoms. The van der Waals surface area contributed by atoms with Crippen LogP contribution < -0.4 is 5.32 Å². The molecule has 0 aliphatic heterocycles. The lowest BCUT2D eigenvalue weighted by Crippen LogP contribution is -2.01. The fourth-order valence-corrected chi connectivity index (χ4v) is 2.25. The molecule has 0 bridgehead atoms. The van der Waals surface area contributed by atoms with Gasteiger partial charge in [0.15, 0.2) is 0 Å². The van der Waals surface area contributed by atoms with Crippen LogP contribution in [0.2, 0.25) is 5.02 Å². The topological polar surface area (TPSA) is 12.0 Å². The Labute approximate surface area is 118 Å². The van der Waals surface area contributed by atoms with Crippen molar-refractivity contribution in [3.05, 3.63) is 62.4 Å². The maximum absolute atomic E-state index is 13.3. The first kappa shape index (κ1) is 12.6. The minimum absolute atomic E-state index is 0.207. The Balaban J connectivity index is 2.10. The largest absolute Gasteiger partial charge is 0.380 e. The van der Waals surface area contributed by atoms with Gasteiger partial charge in [0.25, 0.3) is 0 Å². The molecular weight excluding hydrogens is 352 g/mol. The summed E-state index contributed by atoms with van der Waals surface area (Å²) >= 11 is 7.88. The number of halogens is 3. The zero-order chi connectivity index (χ0) is 12.3. The first-order valence-corrected chi connectivity index (χ1v) is 6.55. The summed E-state index contributed by atoms with van der Waals surface area (Å²) in [7, 11) is 0. The second-order valence-electron chi connectivity index (χ2n) is 3.58. The summed E-state index contributed by atoms with van der Waals surface area (Å²) in [6.07, 6.45) is 0. The molecule has 2 rings (SSSR count). The Bertz CT molecular complexity index is 531. The van der Waals surface area contributed by atoms with Gasteiger partial charge in [-0.1, -0.05) is 29.8 Å². The summed E-state index contributed by atoms with van der Waals surface area (Å²) in [4.78, 5) is 0. The lowest BCUT2D eigenvalue weighted by molar-refractivity contribution is 0.621. The van der Waals surface area contributed by atoms with Gasteiger partial charge in [-0.25, -0.2) is 4.39 Å². The molecule has 2 aromatic rings. The summed E-state index contributed by atoms with van der Waals surface area (Å²) in [5, 5.41) is 3.90. The Morgan fingerprint density at radius 3 is 2.71 bits per heavy atom. The van der Waals surface area contributed by atoms with Crippen molar-refractivity contribution in [2.75, 3.05) is 5.32 Å². The molecule has 88 valence electrons. The summed E-state index contributed by atoms with van der Waals surface area (Å²) in [6.45, 7) is 0.625. The molecule has 0 fully saturated rings. The van der Waals surface area contributed by atoms with E-state index >= 15 is 0 Å². The van der Waals surface area contributed by atoms with Crippen LogP contribution >= 0.6 is 34.2 Å². The van der Waals surface area contributed by atoms with Crippen LogP contribution in [-0.2, 0) is 6.54 Å². The summed E-state index contributed by atoms with van der Waals surface area (Å²) in [6, 6.07) is 12.6. The van der Waals surface area contributed by atoms with E-state index in [4.69, 9.17) is 11.6 Å². The molecule has 0 unspecified atom stereocenters. The molecule has 1 N–H and O–H groups in total. The molecule has 0 aliphatic rings. The van der Waals surface area contributed by atoms with Gasteiger partial charge in [-0.15, -0.1) is 0 Å². The number of benzene rings is 2. The van der Waals surface area contributed by atoms with Gasteiger partial charge in [0.2, 0.25) is 0 Å². The lowest BCUT2D eigenvalue weighted by Gasteiger charge is -2.09. The zero-order valence-electron chi connectivity index (χ0n) is 8.88. The molecule has 0 saturated heterocycles. The van der Waals surface area contributed by atoms with Crippen LogP contribution in [0.15, 0.2) is 42.5 Å². The molecule has 0 radical (unpaired) electrons. The molecule has 17 heavy (non-hydrogen) atoms. The van der Waals surface area contributed by atoms with Crippen molar-refractivity contribution >= 4 is 39.9 Å². The van der Waals surface area contributed by atoms with Crippen molar-refractivity contribution in [1.29, 1.82) is 0 Å². The molecule has 0 amide bonds. The van der Waals surface area contributed by atoms with Gasteiger partial charge in [-0.2, -0.15) is 0 Å². The van der Waals surface area contributed by atoms with Crippen LogP contribution in [0, 0.1) is 9.39 Å². The second kappa shape index (κ2) is 5.69. The van der Waals surface area contributed by atoms with E-state index in [-0.39, 0.29) is 5.82 Å². The third-order valence-electron chi connectivity index (χ3n) is 2.32. The predicted molar refractivity (Wildman–Crippen MR) is 77.9 cm³/mol. The predicted octanol–water partition coefficient (Wildman–Crippen LogP) is 4.70. The van der Waals surface area contributed by atoms with Crippen molar-refractivity contribution in [3.8, 4) is 0 Å². The molecule has 0 saturated carbocycles. The molecule has 0 atom stereocenters. The smallest absolute Gasteiger partial charge is 0.138 e. The molecule has 1 nitrogen and oxygen atoms in total. The van der Waals surface area contributed by atoms with E-state index < -0.39 is 0 Å². The molecule has 0 heterocycles. The molecule has 0 aliphatic carbocycles. The highest BCUT2D eigenvalue weighted by atomic mass is 127. The highest BCUT2D eigenvalue weighted by molar-refractivity contribution is 14.1.